The fourth-order valence-corrected chi connectivity index (χ4v) is 6.27. The molecule has 2 aromatic rings. The van der Waals surface area contributed by atoms with Gasteiger partial charge in [-0.1, -0.05) is 49.2 Å². The van der Waals surface area contributed by atoms with Gasteiger partial charge in [0.05, 0.1) is 10.5 Å². The summed E-state index contributed by atoms with van der Waals surface area (Å²) < 4.78 is 32.7. The summed E-state index contributed by atoms with van der Waals surface area (Å²) >= 11 is 0. The van der Waals surface area contributed by atoms with Crippen LogP contribution in [-0.4, -0.2) is 50.8 Å². The third kappa shape index (κ3) is 5.18. The van der Waals surface area contributed by atoms with E-state index in [1.54, 1.807) is 13.0 Å². The molecule has 7 nitrogen and oxygen atoms in total. The summed E-state index contributed by atoms with van der Waals surface area (Å²) in [4.78, 5) is 25.2. The maximum absolute atomic E-state index is 13.0. The Morgan fingerprint density at radius 1 is 1.00 bits per heavy atom. The molecule has 34 heavy (non-hydrogen) atoms. The minimum atomic E-state index is -3.67. The van der Waals surface area contributed by atoms with Crippen molar-refractivity contribution in [1.82, 2.24) is 9.62 Å². The van der Waals surface area contributed by atoms with Gasteiger partial charge < -0.3 is 10.1 Å². The molecular formula is C26H32N2O5S. The molecule has 0 atom stereocenters. The van der Waals surface area contributed by atoms with Crippen molar-refractivity contribution < 1.29 is 22.7 Å². The number of esters is 1. The number of amides is 1. The van der Waals surface area contributed by atoms with Crippen LogP contribution in [0.5, 0.6) is 0 Å². The zero-order valence-electron chi connectivity index (χ0n) is 19.6. The van der Waals surface area contributed by atoms with E-state index in [2.05, 4.69) is 17.4 Å². The van der Waals surface area contributed by atoms with E-state index >= 15 is 0 Å². The summed E-state index contributed by atoms with van der Waals surface area (Å²) in [6.45, 7) is 2.78. The number of hydrogen-bond donors (Lipinski definition) is 1. The van der Waals surface area contributed by atoms with Crippen molar-refractivity contribution in [3.8, 4) is 0 Å². The number of ether oxygens (including phenoxy) is 1. The maximum Gasteiger partial charge on any atom is 0.338 e. The lowest BCUT2D eigenvalue weighted by molar-refractivity contribution is -0.124. The van der Waals surface area contributed by atoms with Crippen molar-refractivity contribution in [2.75, 3.05) is 26.2 Å². The number of nitrogens with zero attached hydrogens (tertiary/aromatic N) is 1. The average Bonchev–Trinajstić information content (AvgIpc) is 2.83. The molecule has 1 N–H and O–H groups in total. The van der Waals surface area contributed by atoms with Gasteiger partial charge >= 0.3 is 5.97 Å². The highest BCUT2D eigenvalue weighted by Gasteiger charge is 2.38. The summed E-state index contributed by atoms with van der Waals surface area (Å²) in [5, 5.41) is 2.91. The minimum absolute atomic E-state index is 0.0609. The molecule has 0 aromatic heterocycles. The first-order valence-electron chi connectivity index (χ1n) is 11.9. The Morgan fingerprint density at radius 2 is 1.71 bits per heavy atom. The van der Waals surface area contributed by atoms with Crippen molar-refractivity contribution in [2.45, 2.75) is 55.8 Å². The van der Waals surface area contributed by atoms with E-state index in [1.807, 2.05) is 18.2 Å². The number of aryl methyl sites for hydroxylation is 1. The van der Waals surface area contributed by atoms with Crippen LogP contribution in [0.15, 0.2) is 53.4 Å². The molecule has 1 heterocycles. The Bertz CT molecular complexity index is 1140. The van der Waals surface area contributed by atoms with Crippen molar-refractivity contribution in [2.24, 2.45) is 0 Å². The molecule has 4 rings (SSSR count). The SMILES string of the molecule is Cc1ccc(S(=O)(=O)N2CCCCC2)cc1C(=O)OCC(=O)NCC1(c2ccccc2)CCC1. The summed E-state index contributed by atoms with van der Waals surface area (Å²) in [7, 11) is -3.67. The van der Waals surface area contributed by atoms with E-state index in [0.717, 1.165) is 38.5 Å². The second-order valence-corrected chi connectivity index (χ2v) is 11.2. The quantitative estimate of drug-likeness (QED) is 0.579. The van der Waals surface area contributed by atoms with E-state index in [1.165, 1.54) is 22.0 Å². The predicted octanol–water partition coefficient (Wildman–Crippen LogP) is 3.56. The van der Waals surface area contributed by atoms with Gasteiger partial charge in [0.15, 0.2) is 6.61 Å². The third-order valence-corrected chi connectivity index (χ3v) is 8.93. The zero-order valence-corrected chi connectivity index (χ0v) is 20.4. The number of hydrogen-bond acceptors (Lipinski definition) is 5. The molecule has 1 amide bonds. The monoisotopic (exact) mass is 484 g/mol. The van der Waals surface area contributed by atoms with Gasteiger partial charge in [-0.3, -0.25) is 4.79 Å². The molecule has 2 aliphatic rings. The van der Waals surface area contributed by atoms with Crippen LogP contribution in [0.4, 0.5) is 0 Å². The van der Waals surface area contributed by atoms with Crippen LogP contribution >= 0.6 is 0 Å². The molecule has 1 aliphatic carbocycles. The van der Waals surface area contributed by atoms with Crippen LogP contribution in [0.25, 0.3) is 0 Å². The first-order chi connectivity index (χ1) is 16.3. The van der Waals surface area contributed by atoms with Gasteiger partial charge in [0, 0.05) is 25.0 Å². The van der Waals surface area contributed by atoms with E-state index < -0.39 is 22.6 Å². The van der Waals surface area contributed by atoms with Crippen molar-refractivity contribution in [1.29, 1.82) is 0 Å². The lowest BCUT2D eigenvalue weighted by Crippen LogP contribution is -2.46. The highest BCUT2D eigenvalue weighted by atomic mass is 32.2. The molecule has 1 aliphatic heterocycles. The number of carbonyl (C=O) groups excluding carboxylic acids is 2. The van der Waals surface area contributed by atoms with Crippen molar-refractivity contribution in [3.63, 3.8) is 0 Å². The van der Waals surface area contributed by atoms with Crippen molar-refractivity contribution in [3.05, 3.63) is 65.2 Å². The number of rotatable bonds is 8. The molecule has 8 heteroatoms. The highest BCUT2D eigenvalue weighted by Crippen LogP contribution is 2.43. The summed E-state index contributed by atoms with van der Waals surface area (Å²) in [6, 6.07) is 14.6. The molecule has 0 unspecified atom stereocenters. The Balaban J connectivity index is 1.36. The van der Waals surface area contributed by atoms with E-state index in [9.17, 15) is 18.0 Å². The van der Waals surface area contributed by atoms with E-state index in [-0.39, 0.29) is 21.8 Å². The summed E-state index contributed by atoms with van der Waals surface area (Å²) in [5.41, 5.74) is 1.90. The van der Waals surface area contributed by atoms with Gasteiger partial charge in [-0.05, 0) is 55.9 Å². The lowest BCUT2D eigenvalue weighted by atomic mass is 9.64. The van der Waals surface area contributed by atoms with Gasteiger partial charge in [0.2, 0.25) is 10.0 Å². The van der Waals surface area contributed by atoms with Gasteiger partial charge in [-0.25, -0.2) is 13.2 Å². The van der Waals surface area contributed by atoms with Crippen LogP contribution in [0, 0.1) is 6.92 Å². The average molecular weight is 485 g/mol. The highest BCUT2D eigenvalue weighted by molar-refractivity contribution is 7.89. The fourth-order valence-electron chi connectivity index (χ4n) is 4.73. The van der Waals surface area contributed by atoms with Crippen LogP contribution in [0.1, 0.15) is 60.0 Å². The molecule has 0 bridgehead atoms. The number of piperidine rings is 1. The topological polar surface area (TPSA) is 92.8 Å². The number of sulfonamides is 1. The molecule has 0 spiro atoms. The molecule has 1 saturated carbocycles. The van der Waals surface area contributed by atoms with Gasteiger partial charge in [0.1, 0.15) is 0 Å². The number of benzene rings is 2. The first-order valence-corrected chi connectivity index (χ1v) is 13.4. The Labute approximate surface area is 201 Å². The lowest BCUT2D eigenvalue weighted by Gasteiger charge is -2.42. The molecular weight excluding hydrogens is 452 g/mol. The summed E-state index contributed by atoms with van der Waals surface area (Å²) in [5.74, 6) is -1.07. The standard InChI is InChI=1S/C26H32N2O5S/c1-20-11-12-22(34(31,32)28-15-6-3-7-16-28)17-23(20)25(30)33-18-24(29)27-19-26(13-8-14-26)21-9-4-2-5-10-21/h2,4-5,9-12,17H,3,6-8,13-16,18-19H2,1H3,(H,27,29). The smallest absolute Gasteiger partial charge is 0.338 e. The normalized spacial score (nSPS) is 18.0. The third-order valence-electron chi connectivity index (χ3n) is 7.04. The first kappa shape index (κ1) is 24.4. The fraction of sp³-hybridized carbons (Fsp3) is 0.462. The Hall–Kier alpha value is -2.71. The van der Waals surface area contributed by atoms with Crippen molar-refractivity contribution >= 4 is 21.9 Å². The Kier molecular flexibility index (Phi) is 7.38. The predicted molar refractivity (Wildman–Crippen MR) is 129 cm³/mol. The molecule has 1 saturated heterocycles. The summed E-state index contributed by atoms with van der Waals surface area (Å²) in [6.07, 6.45) is 5.83. The second kappa shape index (κ2) is 10.3. The molecule has 182 valence electrons. The second-order valence-electron chi connectivity index (χ2n) is 9.29. The number of carbonyl (C=O) groups is 2. The zero-order chi connectivity index (χ0) is 24.2. The maximum atomic E-state index is 13.0. The van der Waals surface area contributed by atoms with Gasteiger partial charge in [-0.2, -0.15) is 4.31 Å². The largest absolute Gasteiger partial charge is 0.452 e. The van der Waals surface area contributed by atoms with Crippen LogP contribution < -0.4 is 5.32 Å². The Morgan fingerprint density at radius 3 is 2.35 bits per heavy atom. The van der Waals surface area contributed by atoms with Gasteiger partial charge in [-0.15, -0.1) is 0 Å². The van der Waals surface area contributed by atoms with Crippen LogP contribution in [0.2, 0.25) is 0 Å². The molecule has 2 aromatic carbocycles. The van der Waals surface area contributed by atoms with Gasteiger partial charge in [0.25, 0.3) is 5.91 Å². The van der Waals surface area contributed by atoms with Crippen LogP contribution in [-0.2, 0) is 25.0 Å². The minimum Gasteiger partial charge on any atom is -0.452 e. The number of nitrogens with one attached hydrogen (secondary N) is 1. The van der Waals surface area contributed by atoms with E-state index in [0.29, 0.717) is 25.2 Å². The molecule has 2 fully saturated rings. The van der Waals surface area contributed by atoms with E-state index in [4.69, 9.17) is 4.74 Å². The van der Waals surface area contributed by atoms with Crippen LogP contribution in [0.3, 0.4) is 0 Å². The molecule has 0 radical (unpaired) electrons.